The van der Waals surface area contributed by atoms with Crippen molar-refractivity contribution in [3.05, 3.63) is 65.9 Å². The van der Waals surface area contributed by atoms with Crippen molar-refractivity contribution in [1.29, 1.82) is 0 Å². The lowest BCUT2D eigenvalue weighted by Crippen LogP contribution is -2.36. The van der Waals surface area contributed by atoms with Crippen LogP contribution in [0.5, 0.6) is 0 Å². The lowest BCUT2D eigenvalue weighted by Gasteiger charge is -2.19. The minimum atomic E-state index is -1.87. The zero-order valence-corrected chi connectivity index (χ0v) is 12.1. The molecule has 0 radical (unpaired) electrons. The molecule has 0 spiro atoms. The summed E-state index contributed by atoms with van der Waals surface area (Å²) in [6.07, 6.45) is -0.365. The van der Waals surface area contributed by atoms with Gasteiger partial charge in [0.1, 0.15) is 5.58 Å². The number of para-hydroxylation sites is 2. The van der Waals surface area contributed by atoms with Gasteiger partial charge in [-0.2, -0.15) is 0 Å². The van der Waals surface area contributed by atoms with E-state index in [0.717, 1.165) is 5.39 Å². The second-order valence-electron chi connectivity index (χ2n) is 5.61. The molecule has 2 heterocycles. The summed E-state index contributed by atoms with van der Waals surface area (Å²) < 4.78 is 5.52. The molecule has 114 valence electrons. The van der Waals surface area contributed by atoms with Crippen LogP contribution in [0.3, 0.4) is 0 Å². The summed E-state index contributed by atoms with van der Waals surface area (Å²) >= 11 is 0. The van der Waals surface area contributed by atoms with Gasteiger partial charge < -0.3 is 14.8 Å². The smallest absolute Gasteiger partial charge is 0.261 e. The third kappa shape index (κ3) is 2.05. The van der Waals surface area contributed by atoms with Crippen molar-refractivity contribution in [2.24, 2.45) is 0 Å². The monoisotopic (exact) mass is 307 g/mol. The van der Waals surface area contributed by atoms with Gasteiger partial charge in [-0.05, 0) is 18.2 Å². The summed E-state index contributed by atoms with van der Waals surface area (Å²) in [5, 5.41) is 14.1. The molecule has 2 N–H and O–H groups in total. The maximum atomic E-state index is 12.5. The largest absolute Gasteiger partial charge is 0.453 e. The van der Waals surface area contributed by atoms with Crippen LogP contribution in [0.4, 0.5) is 5.69 Å². The minimum Gasteiger partial charge on any atom is -0.453 e. The second kappa shape index (κ2) is 4.79. The highest BCUT2D eigenvalue weighted by atomic mass is 16.3. The zero-order chi connectivity index (χ0) is 16.0. The average molecular weight is 307 g/mol. The molecule has 4 rings (SSSR count). The quantitative estimate of drug-likeness (QED) is 0.729. The second-order valence-corrected chi connectivity index (χ2v) is 5.61. The van der Waals surface area contributed by atoms with Crippen molar-refractivity contribution in [3.63, 3.8) is 0 Å². The molecule has 1 aliphatic heterocycles. The molecular weight excluding hydrogens is 294 g/mol. The number of nitrogens with one attached hydrogen (secondary N) is 1. The van der Waals surface area contributed by atoms with Crippen LogP contribution < -0.4 is 5.32 Å². The molecule has 0 saturated carbocycles. The first-order valence-electron chi connectivity index (χ1n) is 7.23. The summed E-state index contributed by atoms with van der Waals surface area (Å²) in [5.41, 5.74) is -0.335. The third-order valence-electron chi connectivity index (χ3n) is 4.11. The highest BCUT2D eigenvalue weighted by molar-refractivity contribution is 6.09. The molecule has 1 aliphatic rings. The third-order valence-corrected chi connectivity index (χ3v) is 4.11. The highest BCUT2D eigenvalue weighted by Crippen LogP contribution is 2.39. The van der Waals surface area contributed by atoms with Crippen molar-refractivity contribution in [3.8, 4) is 0 Å². The molecular formula is C18H13NO4. The Hall–Kier alpha value is -2.92. The Morgan fingerprint density at radius 2 is 1.87 bits per heavy atom. The summed E-state index contributed by atoms with van der Waals surface area (Å²) in [6.45, 7) is 0. The number of hydrogen-bond donors (Lipinski definition) is 2. The Bertz CT molecular complexity index is 910. The lowest BCUT2D eigenvalue weighted by atomic mass is 9.89. The van der Waals surface area contributed by atoms with Gasteiger partial charge in [-0.3, -0.25) is 9.59 Å². The Morgan fingerprint density at radius 1 is 1.13 bits per heavy atom. The molecule has 0 unspecified atom stereocenters. The summed E-state index contributed by atoms with van der Waals surface area (Å²) in [4.78, 5) is 24.6. The summed E-state index contributed by atoms with van der Waals surface area (Å²) in [7, 11) is 0. The van der Waals surface area contributed by atoms with Crippen molar-refractivity contribution in [2.75, 3.05) is 5.32 Å². The number of furan rings is 1. The van der Waals surface area contributed by atoms with E-state index in [1.165, 1.54) is 0 Å². The number of anilines is 1. The summed E-state index contributed by atoms with van der Waals surface area (Å²) in [5.74, 6) is -0.879. The molecule has 5 nitrogen and oxygen atoms in total. The van der Waals surface area contributed by atoms with Crippen molar-refractivity contribution >= 4 is 28.3 Å². The Balaban J connectivity index is 1.69. The molecule has 0 bridgehead atoms. The van der Waals surface area contributed by atoms with Gasteiger partial charge in [0.15, 0.2) is 11.4 Å². The lowest BCUT2D eigenvalue weighted by molar-refractivity contribution is -0.133. The number of carbonyl (C=O) groups is 2. The predicted octanol–water partition coefficient (Wildman–Crippen LogP) is 2.85. The first-order valence-corrected chi connectivity index (χ1v) is 7.23. The Kier molecular flexibility index (Phi) is 2.86. The van der Waals surface area contributed by atoms with Gasteiger partial charge >= 0.3 is 0 Å². The maximum Gasteiger partial charge on any atom is 0.261 e. The van der Waals surface area contributed by atoms with Gasteiger partial charge in [0.2, 0.25) is 5.78 Å². The molecule has 23 heavy (non-hydrogen) atoms. The molecule has 5 heteroatoms. The van der Waals surface area contributed by atoms with Crippen LogP contribution in [0.25, 0.3) is 11.0 Å². The van der Waals surface area contributed by atoms with Crippen LogP contribution in [0, 0.1) is 0 Å². The fourth-order valence-corrected chi connectivity index (χ4v) is 2.92. The normalized spacial score (nSPS) is 19.6. The van der Waals surface area contributed by atoms with E-state index in [9.17, 15) is 14.7 Å². The van der Waals surface area contributed by atoms with E-state index in [1.54, 1.807) is 36.4 Å². The van der Waals surface area contributed by atoms with Gasteiger partial charge in [0.25, 0.3) is 5.91 Å². The Labute approximate surface area is 131 Å². The molecule has 1 atom stereocenters. The molecule has 1 aromatic heterocycles. The fraction of sp³-hybridized carbons (Fsp3) is 0.111. The predicted molar refractivity (Wildman–Crippen MR) is 84.1 cm³/mol. The van der Waals surface area contributed by atoms with E-state index in [4.69, 9.17) is 4.42 Å². The number of aliphatic hydroxyl groups is 1. The fourth-order valence-electron chi connectivity index (χ4n) is 2.92. The van der Waals surface area contributed by atoms with E-state index in [0.29, 0.717) is 16.8 Å². The summed E-state index contributed by atoms with van der Waals surface area (Å²) in [6, 6.07) is 15.7. The van der Waals surface area contributed by atoms with Crippen LogP contribution in [0.1, 0.15) is 22.5 Å². The van der Waals surface area contributed by atoms with Gasteiger partial charge in [0, 0.05) is 16.6 Å². The van der Waals surface area contributed by atoms with Crippen LogP contribution in [-0.4, -0.2) is 16.8 Å². The van der Waals surface area contributed by atoms with E-state index >= 15 is 0 Å². The standard InChI is InChI=1S/C18H13NO4/c20-14(16-9-11-5-1-4-8-15(11)23-16)10-18(22)12-6-2-3-7-13(12)19-17(18)21/h1-9,22H,10H2,(H,19,21)/t18-/m1/s1. The van der Waals surface area contributed by atoms with Crippen LogP contribution >= 0.6 is 0 Å². The van der Waals surface area contributed by atoms with Crippen molar-refractivity contribution in [1.82, 2.24) is 0 Å². The average Bonchev–Trinajstić information content (AvgIpc) is 3.08. The van der Waals surface area contributed by atoms with Gasteiger partial charge in [0.05, 0.1) is 6.42 Å². The molecule has 3 aromatic rings. The number of fused-ring (bicyclic) bond motifs is 2. The van der Waals surface area contributed by atoms with E-state index in [-0.39, 0.29) is 12.2 Å². The topological polar surface area (TPSA) is 79.5 Å². The van der Waals surface area contributed by atoms with Crippen molar-refractivity contribution < 1.29 is 19.1 Å². The number of carbonyl (C=O) groups excluding carboxylic acids is 2. The van der Waals surface area contributed by atoms with Crippen LogP contribution in [0.15, 0.2) is 59.0 Å². The highest BCUT2D eigenvalue weighted by Gasteiger charge is 2.47. The van der Waals surface area contributed by atoms with E-state index < -0.39 is 17.3 Å². The molecule has 0 saturated heterocycles. The Morgan fingerprint density at radius 3 is 2.70 bits per heavy atom. The molecule has 0 aliphatic carbocycles. The number of rotatable bonds is 3. The number of benzene rings is 2. The number of amides is 1. The van der Waals surface area contributed by atoms with Crippen molar-refractivity contribution in [2.45, 2.75) is 12.0 Å². The van der Waals surface area contributed by atoms with Crippen LogP contribution in [-0.2, 0) is 10.4 Å². The zero-order valence-electron chi connectivity index (χ0n) is 12.1. The first-order chi connectivity index (χ1) is 11.1. The van der Waals surface area contributed by atoms with E-state index in [1.807, 2.05) is 18.2 Å². The molecule has 0 fully saturated rings. The van der Waals surface area contributed by atoms with Gasteiger partial charge in [-0.25, -0.2) is 0 Å². The number of ketones is 1. The van der Waals surface area contributed by atoms with Crippen LogP contribution in [0.2, 0.25) is 0 Å². The van der Waals surface area contributed by atoms with E-state index in [2.05, 4.69) is 5.32 Å². The van der Waals surface area contributed by atoms with Gasteiger partial charge in [-0.15, -0.1) is 0 Å². The molecule has 2 aromatic carbocycles. The molecule has 1 amide bonds. The maximum absolute atomic E-state index is 12.5. The minimum absolute atomic E-state index is 0.136. The first kappa shape index (κ1) is 13.7. The van der Waals surface area contributed by atoms with Gasteiger partial charge in [-0.1, -0.05) is 36.4 Å². The number of Topliss-reactive ketones (excluding diaryl/α,β-unsaturated/α-hetero) is 1. The SMILES string of the molecule is O=C(C[C@]1(O)C(=O)Nc2ccccc21)c1cc2ccccc2o1. The number of hydrogen-bond acceptors (Lipinski definition) is 4.